The van der Waals surface area contributed by atoms with Gasteiger partial charge in [-0.05, 0) is 50.1 Å². The molecule has 0 saturated heterocycles. The summed E-state index contributed by atoms with van der Waals surface area (Å²) in [6, 6.07) is 11.3. The molecule has 8 heteroatoms. The molecule has 150 valence electrons. The molecule has 0 N–H and O–H groups in total. The number of nitrogens with zero attached hydrogens (tertiary/aromatic N) is 2. The van der Waals surface area contributed by atoms with E-state index in [1.54, 1.807) is 24.0 Å². The van der Waals surface area contributed by atoms with Crippen LogP contribution in [-0.2, 0) is 21.2 Å². The Morgan fingerprint density at radius 3 is 2.61 bits per heavy atom. The third-order valence-corrected chi connectivity index (χ3v) is 6.35. The summed E-state index contributed by atoms with van der Waals surface area (Å²) < 4.78 is 31.7. The zero-order chi connectivity index (χ0) is 20.6. The quantitative estimate of drug-likeness (QED) is 0.739. The normalized spacial score (nSPS) is 17.2. The van der Waals surface area contributed by atoms with Crippen LogP contribution < -0.4 is 13.9 Å². The SMILES string of the molecule is COc1ccc(Cl)cc1N([C@H](C)C(=O)N1c2ccccc2C[C@H]1C)S(C)(=O)=O. The fourth-order valence-corrected chi connectivity index (χ4v) is 5.04. The second kappa shape index (κ2) is 7.64. The number of benzene rings is 2. The lowest BCUT2D eigenvalue weighted by Gasteiger charge is -2.33. The number of fused-ring (bicyclic) bond motifs is 1. The topological polar surface area (TPSA) is 66.9 Å². The van der Waals surface area contributed by atoms with Crippen LogP contribution in [0, 0.1) is 0 Å². The third-order valence-electron chi connectivity index (χ3n) is 4.89. The maximum absolute atomic E-state index is 13.4. The fourth-order valence-electron chi connectivity index (χ4n) is 3.71. The van der Waals surface area contributed by atoms with Crippen molar-refractivity contribution in [2.75, 3.05) is 22.6 Å². The summed E-state index contributed by atoms with van der Waals surface area (Å²) in [4.78, 5) is 15.1. The van der Waals surface area contributed by atoms with E-state index in [0.717, 1.165) is 28.2 Å². The summed E-state index contributed by atoms with van der Waals surface area (Å²) in [5.41, 5.74) is 2.12. The van der Waals surface area contributed by atoms with Gasteiger partial charge in [-0.25, -0.2) is 8.42 Å². The number of rotatable bonds is 5. The predicted octanol–water partition coefficient (Wildman–Crippen LogP) is 3.48. The van der Waals surface area contributed by atoms with Gasteiger partial charge in [-0.15, -0.1) is 0 Å². The highest BCUT2D eigenvalue weighted by atomic mass is 35.5. The van der Waals surface area contributed by atoms with Crippen LogP contribution in [0.5, 0.6) is 5.75 Å². The van der Waals surface area contributed by atoms with Crippen molar-refractivity contribution in [2.24, 2.45) is 0 Å². The molecule has 0 bridgehead atoms. The lowest BCUT2D eigenvalue weighted by atomic mass is 10.1. The van der Waals surface area contributed by atoms with Crippen molar-refractivity contribution in [1.29, 1.82) is 0 Å². The molecule has 0 aliphatic carbocycles. The van der Waals surface area contributed by atoms with Crippen LogP contribution in [0.25, 0.3) is 0 Å². The number of sulfonamides is 1. The van der Waals surface area contributed by atoms with E-state index < -0.39 is 16.1 Å². The highest BCUT2D eigenvalue weighted by Crippen LogP contribution is 2.37. The van der Waals surface area contributed by atoms with Crippen molar-refractivity contribution in [3.8, 4) is 5.75 Å². The lowest BCUT2D eigenvalue weighted by Crippen LogP contribution is -2.51. The second-order valence-electron chi connectivity index (χ2n) is 6.94. The van der Waals surface area contributed by atoms with Gasteiger partial charge in [0.1, 0.15) is 11.8 Å². The molecule has 0 saturated carbocycles. The molecule has 1 heterocycles. The molecule has 0 fully saturated rings. The first kappa shape index (κ1) is 20.5. The number of para-hydroxylation sites is 1. The lowest BCUT2D eigenvalue weighted by molar-refractivity contribution is -0.119. The minimum absolute atomic E-state index is 0.0602. The fraction of sp³-hybridized carbons (Fsp3) is 0.350. The average molecular weight is 423 g/mol. The summed E-state index contributed by atoms with van der Waals surface area (Å²) in [6.45, 7) is 3.53. The molecule has 1 aliphatic rings. The number of hydrogen-bond donors (Lipinski definition) is 0. The molecule has 2 aromatic rings. The van der Waals surface area contributed by atoms with Crippen molar-refractivity contribution >= 4 is 38.9 Å². The van der Waals surface area contributed by atoms with Crippen LogP contribution in [-0.4, -0.2) is 39.8 Å². The number of anilines is 2. The summed E-state index contributed by atoms with van der Waals surface area (Å²) in [5.74, 6) is 0.0225. The van der Waals surface area contributed by atoms with Gasteiger partial charge < -0.3 is 9.64 Å². The van der Waals surface area contributed by atoms with Crippen LogP contribution in [0.3, 0.4) is 0 Å². The Labute approximate surface area is 170 Å². The Kier molecular flexibility index (Phi) is 5.59. The molecule has 0 radical (unpaired) electrons. The van der Waals surface area contributed by atoms with Crippen LogP contribution in [0.15, 0.2) is 42.5 Å². The highest BCUT2D eigenvalue weighted by Gasteiger charge is 2.38. The Hall–Kier alpha value is -2.25. The Morgan fingerprint density at radius 2 is 1.96 bits per heavy atom. The van der Waals surface area contributed by atoms with E-state index in [1.165, 1.54) is 13.2 Å². The van der Waals surface area contributed by atoms with Crippen LogP contribution >= 0.6 is 11.6 Å². The van der Waals surface area contributed by atoms with Crippen molar-refractivity contribution in [1.82, 2.24) is 0 Å². The van der Waals surface area contributed by atoms with E-state index in [4.69, 9.17) is 16.3 Å². The minimum Gasteiger partial charge on any atom is -0.495 e. The Bertz CT molecular complexity index is 1010. The van der Waals surface area contributed by atoms with Crippen molar-refractivity contribution in [2.45, 2.75) is 32.4 Å². The zero-order valence-electron chi connectivity index (χ0n) is 16.2. The number of amides is 1. The Morgan fingerprint density at radius 1 is 1.29 bits per heavy atom. The number of carbonyl (C=O) groups is 1. The zero-order valence-corrected chi connectivity index (χ0v) is 17.8. The first-order chi connectivity index (χ1) is 13.1. The van der Waals surface area contributed by atoms with Crippen LogP contribution in [0.4, 0.5) is 11.4 Å². The first-order valence-electron chi connectivity index (χ1n) is 8.89. The molecule has 6 nitrogen and oxygen atoms in total. The third kappa shape index (κ3) is 3.69. The number of hydrogen-bond acceptors (Lipinski definition) is 4. The van der Waals surface area contributed by atoms with Gasteiger partial charge in [-0.2, -0.15) is 0 Å². The molecular formula is C20H23ClN2O4S. The minimum atomic E-state index is -3.79. The van der Waals surface area contributed by atoms with E-state index >= 15 is 0 Å². The molecule has 28 heavy (non-hydrogen) atoms. The highest BCUT2D eigenvalue weighted by molar-refractivity contribution is 7.92. The van der Waals surface area contributed by atoms with E-state index in [-0.39, 0.29) is 17.6 Å². The summed E-state index contributed by atoms with van der Waals surface area (Å²) in [5, 5.41) is 0.351. The summed E-state index contributed by atoms with van der Waals surface area (Å²) in [6.07, 6.45) is 1.80. The van der Waals surface area contributed by atoms with Crippen molar-refractivity contribution in [3.05, 3.63) is 53.1 Å². The van der Waals surface area contributed by atoms with E-state index in [2.05, 4.69) is 0 Å². The number of halogens is 1. The van der Waals surface area contributed by atoms with E-state index in [1.807, 2.05) is 31.2 Å². The van der Waals surface area contributed by atoms with Gasteiger partial charge in [-0.3, -0.25) is 9.10 Å². The van der Waals surface area contributed by atoms with Crippen molar-refractivity contribution < 1.29 is 17.9 Å². The van der Waals surface area contributed by atoms with Crippen LogP contribution in [0.2, 0.25) is 5.02 Å². The van der Waals surface area contributed by atoms with Gasteiger partial charge in [0, 0.05) is 16.8 Å². The molecule has 0 unspecified atom stereocenters. The monoisotopic (exact) mass is 422 g/mol. The van der Waals surface area contributed by atoms with Crippen LogP contribution in [0.1, 0.15) is 19.4 Å². The molecule has 0 spiro atoms. The second-order valence-corrected chi connectivity index (χ2v) is 9.24. The van der Waals surface area contributed by atoms with Gasteiger partial charge in [-0.1, -0.05) is 29.8 Å². The average Bonchev–Trinajstić information content (AvgIpc) is 2.96. The van der Waals surface area contributed by atoms with Gasteiger partial charge in [0.05, 0.1) is 19.1 Å². The molecule has 3 rings (SSSR count). The number of ether oxygens (including phenoxy) is 1. The molecule has 1 aliphatic heterocycles. The predicted molar refractivity (Wildman–Crippen MR) is 112 cm³/mol. The molecule has 2 aromatic carbocycles. The van der Waals surface area contributed by atoms with Gasteiger partial charge >= 0.3 is 0 Å². The summed E-state index contributed by atoms with van der Waals surface area (Å²) >= 11 is 6.10. The first-order valence-corrected chi connectivity index (χ1v) is 11.1. The van der Waals surface area contributed by atoms with E-state index in [9.17, 15) is 13.2 Å². The largest absolute Gasteiger partial charge is 0.495 e. The number of methoxy groups -OCH3 is 1. The molecular weight excluding hydrogens is 400 g/mol. The van der Waals surface area contributed by atoms with E-state index in [0.29, 0.717) is 10.8 Å². The standard InChI is InChI=1S/C20H23ClN2O4S/c1-13-11-15-7-5-6-8-17(15)22(13)20(24)14(2)23(28(4,25)26)18-12-16(21)9-10-19(18)27-3/h5-10,12-14H,11H2,1-4H3/t13-,14-/m1/s1. The van der Waals surface area contributed by atoms with Gasteiger partial charge in [0.25, 0.3) is 5.91 Å². The maximum Gasteiger partial charge on any atom is 0.250 e. The Balaban J connectivity index is 2.06. The molecule has 2 atom stereocenters. The van der Waals surface area contributed by atoms with Gasteiger partial charge in [0.2, 0.25) is 10.0 Å². The smallest absolute Gasteiger partial charge is 0.250 e. The van der Waals surface area contributed by atoms with Crippen molar-refractivity contribution in [3.63, 3.8) is 0 Å². The number of carbonyl (C=O) groups excluding carboxylic acids is 1. The molecule has 0 aromatic heterocycles. The maximum atomic E-state index is 13.4. The van der Waals surface area contributed by atoms with Gasteiger partial charge in [0.15, 0.2) is 0 Å². The molecule has 1 amide bonds. The summed E-state index contributed by atoms with van der Waals surface area (Å²) in [7, 11) is -2.35.